The number of carbonyl (C=O) groups is 1. The number of nitrogens with one attached hydrogen (secondary N) is 3. The van der Waals surface area contributed by atoms with Crippen LogP contribution in [0.4, 0.5) is 4.39 Å². The normalized spacial score (nSPS) is 10.9. The van der Waals surface area contributed by atoms with Gasteiger partial charge in [0.25, 0.3) is 5.91 Å². The molecule has 0 aliphatic heterocycles. The highest BCUT2D eigenvalue weighted by Crippen LogP contribution is 2.08. The van der Waals surface area contributed by atoms with E-state index in [1.54, 1.807) is 32.3 Å². The average molecular weight is 488 g/mol. The Morgan fingerprint density at radius 2 is 1.96 bits per heavy atom. The highest BCUT2D eigenvalue weighted by molar-refractivity contribution is 14.0. The Hall–Kier alpha value is -2.17. The van der Waals surface area contributed by atoms with Crippen molar-refractivity contribution in [1.29, 1.82) is 0 Å². The van der Waals surface area contributed by atoms with E-state index >= 15 is 0 Å². The molecule has 0 atom stereocenters. The SMILES string of the molecule is CN=C(NCCCn1cccn1)NCCNC(=O)c1ccc(C)c(F)c1.I. The number of aliphatic imine (C=N–C) groups is 1. The number of carbonyl (C=O) groups excluding carboxylic acids is 1. The van der Waals surface area contributed by atoms with Gasteiger partial charge < -0.3 is 16.0 Å². The summed E-state index contributed by atoms with van der Waals surface area (Å²) in [6.07, 6.45) is 4.60. The van der Waals surface area contributed by atoms with Gasteiger partial charge in [0.05, 0.1) is 0 Å². The van der Waals surface area contributed by atoms with Crippen molar-refractivity contribution in [2.24, 2.45) is 4.99 Å². The predicted octanol–water partition coefficient (Wildman–Crippen LogP) is 1.93. The number of hydrogen-bond acceptors (Lipinski definition) is 3. The van der Waals surface area contributed by atoms with Crippen LogP contribution in [-0.2, 0) is 6.54 Å². The van der Waals surface area contributed by atoms with Crippen LogP contribution in [0.1, 0.15) is 22.3 Å². The zero-order valence-electron chi connectivity index (χ0n) is 15.5. The summed E-state index contributed by atoms with van der Waals surface area (Å²) in [4.78, 5) is 16.1. The second-order valence-electron chi connectivity index (χ2n) is 5.77. The quantitative estimate of drug-likeness (QED) is 0.230. The predicted molar refractivity (Wildman–Crippen MR) is 115 cm³/mol. The van der Waals surface area contributed by atoms with Gasteiger partial charge in [0.1, 0.15) is 5.82 Å². The highest BCUT2D eigenvalue weighted by Gasteiger charge is 2.07. The summed E-state index contributed by atoms with van der Waals surface area (Å²) in [6.45, 7) is 4.17. The van der Waals surface area contributed by atoms with Gasteiger partial charge in [-0.15, -0.1) is 24.0 Å². The Labute approximate surface area is 175 Å². The second-order valence-corrected chi connectivity index (χ2v) is 5.77. The van der Waals surface area contributed by atoms with Crippen LogP contribution in [0.2, 0.25) is 0 Å². The van der Waals surface area contributed by atoms with E-state index in [1.165, 1.54) is 6.07 Å². The molecule has 1 aromatic heterocycles. The van der Waals surface area contributed by atoms with Gasteiger partial charge in [-0.3, -0.25) is 14.5 Å². The fourth-order valence-electron chi connectivity index (χ4n) is 2.29. The first-order valence-corrected chi connectivity index (χ1v) is 8.56. The lowest BCUT2D eigenvalue weighted by Gasteiger charge is -2.12. The summed E-state index contributed by atoms with van der Waals surface area (Å²) >= 11 is 0. The first-order chi connectivity index (χ1) is 12.6. The van der Waals surface area contributed by atoms with E-state index in [2.05, 4.69) is 26.0 Å². The molecule has 0 saturated heterocycles. The molecule has 0 unspecified atom stereocenters. The number of guanidine groups is 1. The van der Waals surface area contributed by atoms with E-state index in [9.17, 15) is 9.18 Å². The topological polar surface area (TPSA) is 83.3 Å². The Kier molecular flexibility index (Phi) is 10.4. The van der Waals surface area contributed by atoms with Crippen LogP contribution in [0.5, 0.6) is 0 Å². The molecule has 7 nitrogen and oxygen atoms in total. The third kappa shape index (κ3) is 7.94. The molecule has 0 spiro atoms. The van der Waals surface area contributed by atoms with Crippen LogP contribution in [0.25, 0.3) is 0 Å². The second kappa shape index (κ2) is 12.3. The molecule has 1 amide bonds. The third-order valence-electron chi connectivity index (χ3n) is 3.78. The maximum atomic E-state index is 13.5. The molecule has 3 N–H and O–H groups in total. The fourth-order valence-corrected chi connectivity index (χ4v) is 2.29. The molecule has 2 rings (SSSR count). The smallest absolute Gasteiger partial charge is 0.251 e. The van der Waals surface area contributed by atoms with Crippen LogP contribution in [0.3, 0.4) is 0 Å². The fraction of sp³-hybridized carbons (Fsp3) is 0.389. The van der Waals surface area contributed by atoms with Crippen molar-refractivity contribution in [2.75, 3.05) is 26.7 Å². The van der Waals surface area contributed by atoms with Gasteiger partial charge >= 0.3 is 0 Å². The first kappa shape index (κ1) is 22.9. The van der Waals surface area contributed by atoms with Crippen LogP contribution in [0, 0.1) is 12.7 Å². The van der Waals surface area contributed by atoms with Crippen LogP contribution in [-0.4, -0.2) is 48.3 Å². The molecule has 1 heterocycles. The Morgan fingerprint density at radius 1 is 1.22 bits per heavy atom. The monoisotopic (exact) mass is 488 g/mol. The van der Waals surface area contributed by atoms with Crippen molar-refractivity contribution in [3.05, 3.63) is 53.6 Å². The number of benzene rings is 1. The minimum Gasteiger partial charge on any atom is -0.356 e. The molecule has 0 fully saturated rings. The summed E-state index contributed by atoms with van der Waals surface area (Å²) in [7, 11) is 1.69. The molecule has 27 heavy (non-hydrogen) atoms. The first-order valence-electron chi connectivity index (χ1n) is 8.56. The van der Waals surface area contributed by atoms with E-state index in [1.807, 2.05) is 16.9 Å². The van der Waals surface area contributed by atoms with Crippen molar-refractivity contribution in [3.8, 4) is 0 Å². The number of aryl methyl sites for hydroxylation is 2. The molecule has 9 heteroatoms. The molecule has 0 saturated carbocycles. The minimum absolute atomic E-state index is 0. The van der Waals surface area contributed by atoms with Crippen LogP contribution >= 0.6 is 24.0 Å². The van der Waals surface area contributed by atoms with Gasteiger partial charge in [-0.25, -0.2) is 4.39 Å². The Balaban J connectivity index is 0.00000364. The van der Waals surface area contributed by atoms with Crippen LogP contribution < -0.4 is 16.0 Å². The number of amides is 1. The summed E-state index contributed by atoms with van der Waals surface area (Å²) in [5.74, 6) is -0.00977. The molecular weight excluding hydrogens is 462 g/mol. The summed E-state index contributed by atoms with van der Waals surface area (Å²) in [6, 6.07) is 6.35. The molecule has 0 aliphatic carbocycles. The number of aromatic nitrogens is 2. The Morgan fingerprint density at radius 3 is 2.63 bits per heavy atom. The number of hydrogen-bond donors (Lipinski definition) is 3. The van der Waals surface area contributed by atoms with Gasteiger partial charge in [-0.2, -0.15) is 5.10 Å². The largest absolute Gasteiger partial charge is 0.356 e. The molecule has 0 aliphatic rings. The van der Waals surface area contributed by atoms with Gasteiger partial charge in [0.15, 0.2) is 5.96 Å². The van der Waals surface area contributed by atoms with Gasteiger partial charge in [0.2, 0.25) is 0 Å². The summed E-state index contributed by atoms with van der Waals surface area (Å²) in [5.41, 5.74) is 0.833. The molecular formula is C18H26FIN6O. The van der Waals surface area contributed by atoms with Crippen molar-refractivity contribution in [3.63, 3.8) is 0 Å². The minimum atomic E-state index is -0.379. The summed E-state index contributed by atoms with van der Waals surface area (Å²) < 4.78 is 15.4. The number of rotatable bonds is 8. The van der Waals surface area contributed by atoms with E-state index in [0.717, 1.165) is 19.5 Å². The summed E-state index contributed by atoms with van der Waals surface area (Å²) in [5, 5.41) is 13.2. The average Bonchev–Trinajstić information content (AvgIpc) is 3.16. The molecule has 148 valence electrons. The number of halogens is 2. The molecule has 0 radical (unpaired) electrons. The van der Waals surface area contributed by atoms with Gasteiger partial charge in [-0.1, -0.05) is 6.07 Å². The Bertz CT molecular complexity index is 735. The maximum absolute atomic E-state index is 13.5. The molecule has 1 aromatic carbocycles. The van der Waals surface area contributed by atoms with Crippen molar-refractivity contribution in [1.82, 2.24) is 25.7 Å². The number of nitrogens with zero attached hydrogens (tertiary/aromatic N) is 3. The van der Waals surface area contributed by atoms with Gasteiger partial charge in [0, 0.05) is 51.2 Å². The lowest BCUT2D eigenvalue weighted by Crippen LogP contribution is -2.42. The van der Waals surface area contributed by atoms with E-state index in [-0.39, 0.29) is 35.7 Å². The maximum Gasteiger partial charge on any atom is 0.251 e. The molecule has 2 aromatic rings. The third-order valence-corrected chi connectivity index (χ3v) is 3.78. The van der Waals surface area contributed by atoms with E-state index in [4.69, 9.17) is 0 Å². The van der Waals surface area contributed by atoms with Crippen molar-refractivity contribution in [2.45, 2.75) is 19.9 Å². The molecule has 0 bridgehead atoms. The lowest BCUT2D eigenvalue weighted by molar-refractivity contribution is 0.0954. The van der Waals surface area contributed by atoms with Crippen molar-refractivity contribution < 1.29 is 9.18 Å². The lowest BCUT2D eigenvalue weighted by atomic mass is 10.1. The van der Waals surface area contributed by atoms with E-state index < -0.39 is 0 Å². The van der Waals surface area contributed by atoms with Crippen LogP contribution in [0.15, 0.2) is 41.7 Å². The highest BCUT2D eigenvalue weighted by atomic mass is 127. The zero-order chi connectivity index (χ0) is 18.8. The van der Waals surface area contributed by atoms with Gasteiger partial charge in [-0.05, 0) is 37.1 Å². The standard InChI is InChI=1S/C18H25FN6O.HI/c1-14-5-6-15(13-16(14)19)17(26)21-9-10-23-18(20-2)22-7-3-11-25-12-4-8-24-25;/h4-6,8,12-13H,3,7,9-11H2,1-2H3,(H,21,26)(H2,20,22,23);1H. The van der Waals surface area contributed by atoms with Crippen molar-refractivity contribution >= 4 is 35.8 Å². The zero-order valence-corrected chi connectivity index (χ0v) is 17.9. The van der Waals surface area contributed by atoms with E-state index in [0.29, 0.717) is 30.2 Å².